The first-order chi connectivity index (χ1) is 11.7. The van der Waals surface area contributed by atoms with Gasteiger partial charge in [-0.3, -0.25) is 4.98 Å². The van der Waals surface area contributed by atoms with Crippen LogP contribution in [0.25, 0.3) is 22.4 Å². The van der Waals surface area contributed by atoms with Gasteiger partial charge in [-0.05, 0) is 35.7 Å². The van der Waals surface area contributed by atoms with Crippen LogP contribution in [0.2, 0.25) is 0 Å². The summed E-state index contributed by atoms with van der Waals surface area (Å²) in [6.45, 7) is 2.17. The van der Waals surface area contributed by atoms with E-state index in [2.05, 4.69) is 36.2 Å². The summed E-state index contributed by atoms with van der Waals surface area (Å²) in [6.07, 6.45) is 4.01. The van der Waals surface area contributed by atoms with Gasteiger partial charge in [-0.2, -0.15) is 5.26 Å². The van der Waals surface area contributed by atoms with E-state index < -0.39 is 5.82 Å². The third-order valence-electron chi connectivity index (χ3n) is 3.97. The number of rotatable bonds is 4. The molecular weight excluding hydrogens is 299 g/mol. The summed E-state index contributed by atoms with van der Waals surface area (Å²) in [4.78, 5) is 4.43. The minimum Gasteiger partial charge on any atom is -0.256 e. The number of aromatic nitrogens is 1. The van der Waals surface area contributed by atoms with Crippen molar-refractivity contribution in [2.45, 2.75) is 19.8 Å². The molecule has 0 saturated carbocycles. The molecule has 0 aliphatic heterocycles. The van der Waals surface area contributed by atoms with Crippen LogP contribution in [0.4, 0.5) is 4.39 Å². The van der Waals surface area contributed by atoms with Crippen molar-refractivity contribution in [3.05, 3.63) is 77.7 Å². The fraction of sp³-hybridized carbons (Fsp3) is 0.143. The Hall–Kier alpha value is -2.99. The molecule has 0 atom stereocenters. The van der Waals surface area contributed by atoms with Crippen molar-refractivity contribution in [3.8, 4) is 28.5 Å². The Morgan fingerprint density at radius 1 is 0.958 bits per heavy atom. The molecule has 0 N–H and O–H groups in total. The van der Waals surface area contributed by atoms with E-state index >= 15 is 0 Å². The van der Waals surface area contributed by atoms with E-state index in [1.807, 2.05) is 18.2 Å². The number of pyridine rings is 1. The van der Waals surface area contributed by atoms with Crippen molar-refractivity contribution in [1.82, 2.24) is 4.98 Å². The molecule has 0 saturated heterocycles. The van der Waals surface area contributed by atoms with E-state index in [1.165, 1.54) is 17.7 Å². The monoisotopic (exact) mass is 316 g/mol. The van der Waals surface area contributed by atoms with Gasteiger partial charge in [0.15, 0.2) is 0 Å². The van der Waals surface area contributed by atoms with E-state index in [0.29, 0.717) is 11.3 Å². The summed E-state index contributed by atoms with van der Waals surface area (Å²) < 4.78 is 13.7. The lowest BCUT2D eigenvalue weighted by atomic mass is 10.0. The van der Waals surface area contributed by atoms with Crippen LogP contribution in [0.3, 0.4) is 0 Å². The highest BCUT2D eigenvalue weighted by atomic mass is 19.1. The van der Waals surface area contributed by atoms with Crippen LogP contribution < -0.4 is 0 Å². The maximum Gasteiger partial charge on any atom is 0.141 e. The van der Waals surface area contributed by atoms with Crippen LogP contribution in [-0.2, 0) is 6.42 Å². The zero-order valence-corrected chi connectivity index (χ0v) is 13.5. The highest BCUT2D eigenvalue weighted by Gasteiger charge is 2.06. The van der Waals surface area contributed by atoms with Gasteiger partial charge in [0.1, 0.15) is 11.9 Å². The summed E-state index contributed by atoms with van der Waals surface area (Å²) in [6, 6.07) is 18.7. The lowest BCUT2D eigenvalue weighted by molar-refractivity contribution is 0.624. The van der Waals surface area contributed by atoms with Crippen molar-refractivity contribution in [1.29, 1.82) is 5.26 Å². The molecule has 0 unspecified atom stereocenters. The minimum absolute atomic E-state index is 0.0440. The van der Waals surface area contributed by atoms with Crippen LogP contribution in [0.15, 0.2) is 60.8 Å². The molecule has 2 nitrogen and oxygen atoms in total. The molecule has 118 valence electrons. The molecule has 0 aliphatic rings. The van der Waals surface area contributed by atoms with Gasteiger partial charge in [-0.25, -0.2) is 4.39 Å². The molecule has 0 radical (unpaired) electrons. The summed E-state index contributed by atoms with van der Waals surface area (Å²) in [5, 5.41) is 8.79. The van der Waals surface area contributed by atoms with Crippen LogP contribution >= 0.6 is 0 Å². The lowest BCUT2D eigenvalue weighted by Gasteiger charge is -2.06. The van der Waals surface area contributed by atoms with Crippen molar-refractivity contribution in [2.75, 3.05) is 0 Å². The zero-order chi connectivity index (χ0) is 16.9. The topological polar surface area (TPSA) is 36.7 Å². The molecule has 3 rings (SSSR count). The molecule has 0 fully saturated rings. The second kappa shape index (κ2) is 7.06. The summed E-state index contributed by atoms with van der Waals surface area (Å²) in [7, 11) is 0. The van der Waals surface area contributed by atoms with E-state index in [1.54, 1.807) is 12.3 Å². The molecule has 0 spiro atoms. The highest BCUT2D eigenvalue weighted by molar-refractivity contribution is 5.67. The van der Waals surface area contributed by atoms with Gasteiger partial charge in [0.2, 0.25) is 0 Å². The predicted molar refractivity (Wildman–Crippen MR) is 93.8 cm³/mol. The maximum absolute atomic E-state index is 13.7. The first-order valence-electron chi connectivity index (χ1n) is 7.96. The largest absolute Gasteiger partial charge is 0.256 e. The number of benzene rings is 2. The van der Waals surface area contributed by atoms with E-state index in [4.69, 9.17) is 5.26 Å². The van der Waals surface area contributed by atoms with Crippen molar-refractivity contribution >= 4 is 0 Å². The zero-order valence-electron chi connectivity index (χ0n) is 13.5. The lowest BCUT2D eigenvalue weighted by Crippen LogP contribution is -1.89. The Morgan fingerprint density at radius 3 is 2.25 bits per heavy atom. The minimum atomic E-state index is -0.521. The molecule has 24 heavy (non-hydrogen) atoms. The summed E-state index contributed by atoms with van der Waals surface area (Å²) >= 11 is 0. The fourth-order valence-corrected chi connectivity index (χ4v) is 2.65. The number of aryl methyl sites for hydroxylation is 1. The Balaban J connectivity index is 1.85. The molecule has 3 aromatic rings. The number of hydrogen-bond donors (Lipinski definition) is 0. The molecule has 2 aromatic carbocycles. The van der Waals surface area contributed by atoms with Gasteiger partial charge in [0, 0.05) is 17.3 Å². The number of nitrogens with zero attached hydrogens (tertiary/aromatic N) is 2. The van der Waals surface area contributed by atoms with Crippen LogP contribution in [-0.4, -0.2) is 4.98 Å². The van der Waals surface area contributed by atoms with Crippen molar-refractivity contribution in [2.24, 2.45) is 0 Å². The first-order valence-corrected chi connectivity index (χ1v) is 7.96. The number of hydrogen-bond acceptors (Lipinski definition) is 2. The molecule has 0 bridgehead atoms. The highest BCUT2D eigenvalue weighted by Crippen LogP contribution is 2.24. The average Bonchev–Trinajstić information content (AvgIpc) is 2.63. The van der Waals surface area contributed by atoms with Crippen LogP contribution in [0, 0.1) is 17.1 Å². The van der Waals surface area contributed by atoms with Gasteiger partial charge in [-0.1, -0.05) is 49.7 Å². The summed E-state index contributed by atoms with van der Waals surface area (Å²) in [5.41, 5.74) is 4.86. The molecule has 0 aliphatic carbocycles. The Morgan fingerprint density at radius 2 is 1.67 bits per heavy atom. The van der Waals surface area contributed by atoms with E-state index in [-0.39, 0.29) is 5.56 Å². The van der Waals surface area contributed by atoms with Crippen LogP contribution in [0.5, 0.6) is 0 Å². The molecule has 1 heterocycles. The molecule has 0 amide bonds. The average molecular weight is 316 g/mol. The number of nitriles is 1. The van der Waals surface area contributed by atoms with Gasteiger partial charge >= 0.3 is 0 Å². The van der Waals surface area contributed by atoms with E-state index in [9.17, 15) is 4.39 Å². The van der Waals surface area contributed by atoms with E-state index in [0.717, 1.165) is 24.0 Å². The van der Waals surface area contributed by atoms with Crippen molar-refractivity contribution in [3.63, 3.8) is 0 Å². The standard InChI is InChI=1S/C21H17FN2/c1-2-3-15-4-6-16(7-5-15)19-10-11-21(24-14-19)17-8-9-18(13-23)20(22)12-17/h4-12,14H,2-3H2,1H3. The van der Waals surface area contributed by atoms with Gasteiger partial charge in [-0.15, -0.1) is 0 Å². The summed E-state index contributed by atoms with van der Waals surface area (Å²) in [5.74, 6) is -0.521. The Labute approximate surface area is 141 Å². The third kappa shape index (κ3) is 3.33. The Kier molecular flexibility index (Phi) is 4.67. The smallest absolute Gasteiger partial charge is 0.141 e. The van der Waals surface area contributed by atoms with Gasteiger partial charge < -0.3 is 0 Å². The number of halogens is 1. The van der Waals surface area contributed by atoms with Gasteiger partial charge in [0.25, 0.3) is 0 Å². The Bertz CT molecular complexity index is 875. The molecular formula is C21H17FN2. The maximum atomic E-state index is 13.7. The quantitative estimate of drug-likeness (QED) is 0.648. The van der Waals surface area contributed by atoms with Crippen LogP contribution in [0.1, 0.15) is 24.5 Å². The second-order valence-corrected chi connectivity index (χ2v) is 5.69. The molecule has 1 aromatic heterocycles. The second-order valence-electron chi connectivity index (χ2n) is 5.69. The predicted octanol–water partition coefficient (Wildman–Crippen LogP) is 5.38. The van der Waals surface area contributed by atoms with Gasteiger partial charge in [0.05, 0.1) is 11.3 Å². The fourth-order valence-electron chi connectivity index (χ4n) is 2.65. The van der Waals surface area contributed by atoms with Crippen molar-refractivity contribution < 1.29 is 4.39 Å². The first kappa shape index (κ1) is 15.9. The third-order valence-corrected chi connectivity index (χ3v) is 3.97. The SMILES string of the molecule is CCCc1ccc(-c2ccc(-c3ccc(C#N)c(F)c3)nc2)cc1. The molecule has 3 heteroatoms. The normalized spacial score (nSPS) is 10.4.